The van der Waals surface area contributed by atoms with Gasteiger partial charge < -0.3 is 20.3 Å². The summed E-state index contributed by atoms with van der Waals surface area (Å²) in [7, 11) is 0. The van der Waals surface area contributed by atoms with Gasteiger partial charge in [0, 0.05) is 12.8 Å². The maximum absolute atomic E-state index is 12.5. The van der Waals surface area contributed by atoms with Crippen LogP contribution in [0.3, 0.4) is 0 Å². The molecule has 2 atom stereocenters. The monoisotopic (exact) mass is 972 g/mol. The molecular formula is C63H121NO5. The third-order valence-corrected chi connectivity index (χ3v) is 14.5. The Morgan fingerprint density at radius 3 is 1.03 bits per heavy atom. The van der Waals surface area contributed by atoms with E-state index in [0.29, 0.717) is 19.4 Å². The highest BCUT2D eigenvalue weighted by molar-refractivity contribution is 5.76. The van der Waals surface area contributed by atoms with Crippen LogP contribution in [0, 0.1) is 0 Å². The highest BCUT2D eigenvalue weighted by atomic mass is 16.5. The number of rotatable bonds is 58. The summed E-state index contributed by atoms with van der Waals surface area (Å²) in [6, 6.07) is -0.647. The van der Waals surface area contributed by atoms with Crippen LogP contribution in [0.15, 0.2) is 24.3 Å². The molecule has 0 aliphatic rings. The first-order valence-corrected chi connectivity index (χ1v) is 31.1. The topological polar surface area (TPSA) is 95.9 Å². The molecule has 1 amide bonds. The van der Waals surface area contributed by atoms with E-state index < -0.39 is 12.1 Å². The maximum Gasteiger partial charge on any atom is 0.305 e. The molecule has 0 aromatic rings. The lowest BCUT2D eigenvalue weighted by Crippen LogP contribution is -2.45. The summed E-state index contributed by atoms with van der Waals surface area (Å²) in [6.07, 6.45) is 72.2. The third kappa shape index (κ3) is 55.5. The van der Waals surface area contributed by atoms with Crippen LogP contribution >= 0.6 is 0 Å². The van der Waals surface area contributed by atoms with Crippen molar-refractivity contribution in [1.82, 2.24) is 5.32 Å². The number of ether oxygens (including phenoxy) is 1. The lowest BCUT2D eigenvalue weighted by Gasteiger charge is -2.20. The maximum atomic E-state index is 12.5. The van der Waals surface area contributed by atoms with Gasteiger partial charge in [0.15, 0.2) is 0 Å². The molecule has 0 aromatic heterocycles. The first-order valence-electron chi connectivity index (χ1n) is 31.1. The third-order valence-electron chi connectivity index (χ3n) is 14.5. The van der Waals surface area contributed by atoms with Crippen LogP contribution < -0.4 is 5.32 Å². The number of hydrogen-bond donors (Lipinski definition) is 3. The minimum Gasteiger partial charge on any atom is -0.466 e. The second-order valence-corrected chi connectivity index (χ2v) is 21.4. The van der Waals surface area contributed by atoms with Gasteiger partial charge in [-0.1, -0.05) is 289 Å². The Balaban J connectivity index is 3.50. The number of unbranched alkanes of at least 4 members (excludes halogenated alkanes) is 45. The van der Waals surface area contributed by atoms with Crippen LogP contribution in [0.5, 0.6) is 0 Å². The van der Waals surface area contributed by atoms with Gasteiger partial charge in [-0.3, -0.25) is 9.59 Å². The Morgan fingerprint density at radius 2 is 0.681 bits per heavy atom. The minimum absolute atomic E-state index is 0.0189. The molecule has 0 radical (unpaired) electrons. The second-order valence-electron chi connectivity index (χ2n) is 21.4. The SMILES string of the molecule is CCCCCCCCCCCCCCCCCCCCC/C=C/C(O)C(CO)NC(=O)CCCCCCC/C=C\CCCCCOC(=O)CCCCCCCCCCCCCCCCCCCCC. The number of aliphatic hydroxyl groups is 2. The van der Waals surface area contributed by atoms with Gasteiger partial charge in [-0.15, -0.1) is 0 Å². The normalized spacial score (nSPS) is 12.7. The van der Waals surface area contributed by atoms with Crippen molar-refractivity contribution in [1.29, 1.82) is 0 Å². The van der Waals surface area contributed by atoms with Gasteiger partial charge >= 0.3 is 5.97 Å². The largest absolute Gasteiger partial charge is 0.466 e. The molecule has 408 valence electrons. The average molecular weight is 973 g/mol. The van der Waals surface area contributed by atoms with Gasteiger partial charge in [0.05, 0.1) is 25.4 Å². The zero-order chi connectivity index (χ0) is 50.0. The quantitative estimate of drug-likeness (QED) is 0.0321. The van der Waals surface area contributed by atoms with E-state index in [9.17, 15) is 19.8 Å². The van der Waals surface area contributed by atoms with Gasteiger partial charge in [0.2, 0.25) is 5.91 Å². The molecule has 0 saturated heterocycles. The first kappa shape index (κ1) is 67.3. The fraction of sp³-hybridized carbons (Fsp3) is 0.905. The fourth-order valence-corrected chi connectivity index (χ4v) is 9.69. The molecule has 0 spiro atoms. The summed E-state index contributed by atoms with van der Waals surface area (Å²) in [5, 5.41) is 23.2. The minimum atomic E-state index is -0.861. The van der Waals surface area contributed by atoms with E-state index in [1.54, 1.807) is 6.08 Å². The smallest absolute Gasteiger partial charge is 0.305 e. The molecule has 3 N–H and O–H groups in total. The van der Waals surface area contributed by atoms with Crippen LogP contribution in [0.2, 0.25) is 0 Å². The van der Waals surface area contributed by atoms with Gasteiger partial charge in [-0.05, 0) is 64.2 Å². The second kappa shape index (κ2) is 58.9. The highest BCUT2D eigenvalue weighted by Crippen LogP contribution is 2.18. The van der Waals surface area contributed by atoms with E-state index in [2.05, 4.69) is 31.3 Å². The Labute approximate surface area is 431 Å². The van der Waals surface area contributed by atoms with E-state index in [-0.39, 0.29) is 18.5 Å². The molecule has 0 saturated carbocycles. The number of amides is 1. The molecule has 6 heteroatoms. The van der Waals surface area contributed by atoms with Crippen molar-refractivity contribution in [3.8, 4) is 0 Å². The van der Waals surface area contributed by atoms with E-state index in [1.165, 1.54) is 238 Å². The van der Waals surface area contributed by atoms with Gasteiger partial charge in [-0.25, -0.2) is 0 Å². The molecule has 0 aliphatic heterocycles. The van der Waals surface area contributed by atoms with E-state index in [0.717, 1.165) is 77.0 Å². The van der Waals surface area contributed by atoms with Crippen LogP contribution in [0.25, 0.3) is 0 Å². The zero-order valence-corrected chi connectivity index (χ0v) is 46.6. The lowest BCUT2D eigenvalue weighted by molar-refractivity contribution is -0.143. The van der Waals surface area contributed by atoms with Crippen molar-refractivity contribution in [3.63, 3.8) is 0 Å². The molecule has 0 aromatic carbocycles. The molecule has 2 unspecified atom stereocenters. The summed E-state index contributed by atoms with van der Waals surface area (Å²) >= 11 is 0. The summed E-state index contributed by atoms with van der Waals surface area (Å²) in [4.78, 5) is 24.6. The van der Waals surface area contributed by atoms with Crippen molar-refractivity contribution >= 4 is 11.9 Å². The van der Waals surface area contributed by atoms with E-state index in [1.807, 2.05) is 6.08 Å². The fourth-order valence-electron chi connectivity index (χ4n) is 9.69. The van der Waals surface area contributed by atoms with Crippen molar-refractivity contribution in [2.24, 2.45) is 0 Å². The van der Waals surface area contributed by atoms with Crippen LogP contribution in [-0.4, -0.2) is 47.4 Å². The predicted molar refractivity (Wildman–Crippen MR) is 301 cm³/mol. The number of allylic oxidation sites excluding steroid dienone is 3. The zero-order valence-electron chi connectivity index (χ0n) is 46.6. The van der Waals surface area contributed by atoms with Crippen molar-refractivity contribution in [2.45, 2.75) is 353 Å². The summed E-state index contributed by atoms with van der Waals surface area (Å²) in [6.45, 7) is 4.88. The molecule has 0 fully saturated rings. The van der Waals surface area contributed by atoms with Crippen molar-refractivity contribution < 1.29 is 24.5 Å². The number of carbonyl (C=O) groups is 2. The van der Waals surface area contributed by atoms with Crippen molar-refractivity contribution in [2.75, 3.05) is 13.2 Å². The van der Waals surface area contributed by atoms with Crippen LogP contribution in [-0.2, 0) is 14.3 Å². The Morgan fingerprint density at radius 1 is 0.391 bits per heavy atom. The van der Waals surface area contributed by atoms with Gasteiger partial charge in [0.1, 0.15) is 0 Å². The molecule has 6 nitrogen and oxygen atoms in total. The number of nitrogens with one attached hydrogen (secondary N) is 1. The molecule has 0 heterocycles. The lowest BCUT2D eigenvalue weighted by atomic mass is 10.0. The first-order chi connectivity index (χ1) is 34.0. The van der Waals surface area contributed by atoms with Crippen LogP contribution in [0.4, 0.5) is 0 Å². The van der Waals surface area contributed by atoms with Crippen molar-refractivity contribution in [3.05, 3.63) is 24.3 Å². The molecule has 69 heavy (non-hydrogen) atoms. The summed E-state index contributed by atoms with van der Waals surface area (Å²) in [5.74, 6) is -0.109. The predicted octanol–water partition coefficient (Wildman–Crippen LogP) is 19.4. The van der Waals surface area contributed by atoms with Gasteiger partial charge in [-0.2, -0.15) is 0 Å². The number of aliphatic hydroxyl groups excluding tert-OH is 2. The molecule has 0 rings (SSSR count). The highest BCUT2D eigenvalue weighted by Gasteiger charge is 2.18. The van der Waals surface area contributed by atoms with E-state index >= 15 is 0 Å². The number of esters is 1. The number of hydrogen-bond acceptors (Lipinski definition) is 5. The Bertz CT molecular complexity index is 1080. The average Bonchev–Trinajstić information content (AvgIpc) is 3.35. The standard InChI is InChI=1S/C63H121NO5/c1-3-5-7-9-11-13-15-17-19-21-23-24-26-27-29-31-35-39-43-47-51-55-61(66)60(59-65)64-62(67)56-52-48-44-40-36-33-34-38-42-46-50-54-58-69-63(68)57-53-49-45-41-37-32-30-28-25-22-20-18-16-14-12-10-8-6-4-2/h34,38,51,55,60-61,65-66H,3-33,35-37,39-50,52-54,56-59H2,1-2H3,(H,64,67)/b38-34-,55-51+. The summed E-state index contributed by atoms with van der Waals surface area (Å²) in [5.41, 5.74) is 0. The number of carbonyl (C=O) groups excluding carboxylic acids is 2. The molecule has 0 bridgehead atoms. The Hall–Kier alpha value is -1.66. The summed E-state index contributed by atoms with van der Waals surface area (Å²) < 4.78 is 5.47. The molecular weight excluding hydrogens is 851 g/mol. The van der Waals surface area contributed by atoms with Gasteiger partial charge in [0.25, 0.3) is 0 Å². The Kier molecular flexibility index (Phi) is 57.5. The van der Waals surface area contributed by atoms with Crippen LogP contribution in [0.1, 0.15) is 341 Å². The van der Waals surface area contributed by atoms with E-state index in [4.69, 9.17) is 4.74 Å². The molecule has 0 aliphatic carbocycles.